The number of H-pyrrole nitrogens is 1. The SMILES string of the molecule is CC.COC(=O)c1ccc(Cn2c3ccccc3c(=O)c3cc4[nH]c5ccccc5c(=O)c4cc32)cc1. The molecule has 2 aromatic heterocycles. The molecule has 0 unspecified atom stereocenters. The van der Waals surface area contributed by atoms with Crippen LogP contribution in [0.15, 0.2) is 94.5 Å². The highest BCUT2D eigenvalue weighted by molar-refractivity contribution is 6.03. The Hall–Kier alpha value is -4.71. The van der Waals surface area contributed by atoms with E-state index in [-0.39, 0.29) is 10.9 Å². The van der Waals surface area contributed by atoms with E-state index in [4.69, 9.17) is 4.74 Å². The Kier molecular flexibility index (Phi) is 6.32. The van der Waals surface area contributed by atoms with Crippen molar-refractivity contribution in [2.24, 2.45) is 0 Å². The molecule has 0 spiro atoms. The minimum atomic E-state index is -0.395. The molecule has 0 bridgehead atoms. The minimum absolute atomic E-state index is 0.0779. The Balaban J connectivity index is 0.00000137. The van der Waals surface area contributed by atoms with E-state index in [1.165, 1.54) is 7.11 Å². The number of hydrogen-bond donors (Lipinski definition) is 1. The Morgan fingerprint density at radius 3 is 2.11 bits per heavy atom. The molecule has 2 heterocycles. The lowest BCUT2D eigenvalue weighted by atomic mass is 10.0. The average Bonchev–Trinajstić information content (AvgIpc) is 2.96. The highest BCUT2D eigenvalue weighted by Crippen LogP contribution is 2.25. The van der Waals surface area contributed by atoms with Crippen molar-refractivity contribution in [1.82, 2.24) is 9.55 Å². The number of aromatic amines is 1. The number of methoxy groups -OCH3 is 1. The first kappa shape index (κ1) is 24.0. The predicted octanol–water partition coefficient (Wildman–Crippen LogP) is 6.01. The summed E-state index contributed by atoms with van der Waals surface area (Å²) in [6, 6.07) is 25.6. The number of esters is 1. The Morgan fingerprint density at radius 1 is 0.730 bits per heavy atom. The van der Waals surface area contributed by atoms with E-state index in [0.29, 0.717) is 44.7 Å². The third-order valence-electron chi connectivity index (χ3n) is 6.51. The number of para-hydroxylation sites is 2. The monoisotopic (exact) mass is 490 g/mol. The van der Waals surface area contributed by atoms with Crippen LogP contribution >= 0.6 is 0 Å². The molecule has 0 radical (unpaired) electrons. The van der Waals surface area contributed by atoms with Gasteiger partial charge in [0.2, 0.25) is 0 Å². The van der Waals surface area contributed by atoms with Crippen LogP contribution in [0.3, 0.4) is 0 Å². The van der Waals surface area contributed by atoms with Crippen LogP contribution < -0.4 is 10.9 Å². The summed E-state index contributed by atoms with van der Waals surface area (Å²) in [5, 5.41) is 2.27. The second-order valence-corrected chi connectivity index (χ2v) is 8.54. The van der Waals surface area contributed by atoms with Crippen molar-refractivity contribution in [3.63, 3.8) is 0 Å². The van der Waals surface area contributed by atoms with E-state index in [1.807, 2.05) is 79.1 Å². The van der Waals surface area contributed by atoms with E-state index in [0.717, 1.165) is 16.6 Å². The van der Waals surface area contributed by atoms with E-state index in [9.17, 15) is 14.4 Å². The largest absolute Gasteiger partial charge is 0.465 e. The highest BCUT2D eigenvalue weighted by atomic mass is 16.5. The number of nitrogens with one attached hydrogen (secondary N) is 1. The molecule has 0 amide bonds. The zero-order valence-electron chi connectivity index (χ0n) is 20.9. The third-order valence-corrected chi connectivity index (χ3v) is 6.51. The van der Waals surface area contributed by atoms with Gasteiger partial charge in [0.05, 0.1) is 29.2 Å². The molecule has 0 saturated heterocycles. The molecule has 6 nitrogen and oxygen atoms in total. The van der Waals surface area contributed by atoms with Gasteiger partial charge in [-0.05, 0) is 54.1 Å². The molecular formula is C31H26N2O4. The summed E-state index contributed by atoms with van der Waals surface area (Å²) in [6.07, 6.45) is 0. The molecule has 6 heteroatoms. The summed E-state index contributed by atoms with van der Waals surface area (Å²) >= 11 is 0. The maximum Gasteiger partial charge on any atom is 0.337 e. The van der Waals surface area contributed by atoms with E-state index >= 15 is 0 Å². The quantitative estimate of drug-likeness (QED) is 0.243. The lowest BCUT2D eigenvalue weighted by Gasteiger charge is -2.16. The second kappa shape index (κ2) is 9.74. The molecular weight excluding hydrogens is 464 g/mol. The van der Waals surface area contributed by atoms with E-state index in [2.05, 4.69) is 4.98 Å². The summed E-state index contributed by atoms with van der Waals surface area (Å²) in [4.78, 5) is 42.0. The maximum atomic E-state index is 13.5. The summed E-state index contributed by atoms with van der Waals surface area (Å²) in [7, 11) is 1.35. The van der Waals surface area contributed by atoms with Crippen LogP contribution in [0.4, 0.5) is 0 Å². The summed E-state index contributed by atoms with van der Waals surface area (Å²) in [5.41, 5.74) is 4.07. The number of hydrogen-bond acceptors (Lipinski definition) is 4. The lowest BCUT2D eigenvalue weighted by molar-refractivity contribution is 0.0600. The maximum absolute atomic E-state index is 13.5. The Morgan fingerprint density at radius 2 is 1.38 bits per heavy atom. The number of carbonyl (C=O) groups is 1. The smallest absolute Gasteiger partial charge is 0.337 e. The van der Waals surface area contributed by atoms with Gasteiger partial charge in [-0.2, -0.15) is 0 Å². The van der Waals surface area contributed by atoms with Gasteiger partial charge in [0.15, 0.2) is 10.9 Å². The first-order chi connectivity index (χ1) is 18.0. The topological polar surface area (TPSA) is 81.2 Å². The molecule has 1 N–H and O–H groups in total. The van der Waals surface area contributed by atoms with Gasteiger partial charge in [-0.25, -0.2) is 4.79 Å². The molecule has 0 aliphatic rings. The van der Waals surface area contributed by atoms with E-state index < -0.39 is 5.97 Å². The van der Waals surface area contributed by atoms with Crippen LogP contribution in [0.1, 0.15) is 29.8 Å². The van der Waals surface area contributed by atoms with Crippen LogP contribution in [0.5, 0.6) is 0 Å². The number of benzene rings is 4. The van der Waals surface area contributed by atoms with E-state index in [1.54, 1.807) is 24.3 Å². The van der Waals surface area contributed by atoms with Crippen molar-refractivity contribution >= 4 is 49.6 Å². The minimum Gasteiger partial charge on any atom is -0.465 e. The van der Waals surface area contributed by atoms with Crippen molar-refractivity contribution in [3.8, 4) is 0 Å². The second-order valence-electron chi connectivity index (χ2n) is 8.54. The predicted molar refractivity (Wildman–Crippen MR) is 150 cm³/mol. The van der Waals surface area contributed by atoms with Gasteiger partial charge in [-0.1, -0.05) is 50.2 Å². The van der Waals surface area contributed by atoms with Gasteiger partial charge in [0.25, 0.3) is 0 Å². The van der Waals surface area contributed by atoms with Crippen LogP contribution in [0.2, 0.25) is 0 Å². The highest BCUT2D eigenvalue weighted by Gasteiger charge is 2.15. The molecule has 0 aliphatic heterocycles. The summed E-state index contributed by atoms with van der Waals surface area (Å²) in [6.45, 7) is 4.45. The number of carbonyl (C=O) groups excluding carboxylic acids is 1. The van der Waals surface area contributed by atoms with Crippen LogP contribution in [0, 0.1) is 0 Å². The molecule has 184 valence electrons. The van der Waals surface area contributed by atoms with Gasteiger partial charge in [0.1, 0.15) is 0 Å². The lowest BCUT2D eigenvalue weighted by Crippen LogP contribution is -2.14. The Bertz CT molecular complexity index is 1920. The van der Waals surface area contributed by atoms with Crippen LogP contribution in [0.25, 0.3) is 43.6 Å². The molecule has 6 aromatic rings. The van der Waals surface area contributed by atoms with Gasteiger partial charge >= 0.3 is 5.97 Å². The van der Waals surface area contributed by atoms with Gasteiger partial charge in [-0.15, -0.1) is 0 Å². The first-order valence-electron chi connectivity index (χ1n) is 12.2. The molecule has 0 atom stereocenters. The molecule has 37 heavy (non-hydrogen) atoms. The standard InChI is InChI=1S/C29H20N2O4.C2H6/c1-35-29(34)18-12-10-17(11-13-18)16-31-25-9-5-3-7-20(25)28(33)22-14-24-21(15-26(22)31)27(32)19-6-2-4-8-23(19)30-24;1-2/h2-15H,16H2,1H3,(H,30,32);1-2H3. The molecule has 6 rings (SSSR count). The van der Waals surface area contributed by atoms with Gasteiger partial charge in [-0.3, -0.25) is 9.59 Å². The Labute approximate surface area is 212 Å². The zero-order chi connectivity index (χ0) is 26.1. The van der Waals surface area contributed by atoms with Crippen molar-refractivity contribution in [2.45, 2.75) is 20.4 Å². The number of fused-ring (bicyclic) bond motifs is 4. The number of nitrogens with zero attached hydrogens (tertiary/aromatic N) is 1. The third kappa shape index (κ3) is 4.06. The molecule has 0 aliphatic carbocycles. The number of aromatic nitrogens is 2. The summed E-state index contributed by atoms with van der Waals surface area (Å²) < 4.78 is 6.84. The van der Waals surface area contributed by atoms with Crippen LogP contribution in [-0.2, 0) is 11.3 Å². The number of ether oxygens (including phenoxy) is 1. The molecule has 0 saturated carbocycles. The normalized spacial score (nSPS) is 11.0. The first-order valence-corrected chi connectivity index (χ1v) is 12.2. The van der Waals surface area contributed by atoms with Crippen molar-refractivity contribution in [1.29, 1.82) is 0 Å². The zero-order valence-corrected chi connectivity index (χ0v) is 20.9. The fourth-order valence-electron chi connectivity index (χ4n) is 4.76. The molecule has 4 aromatic carbocycles. The van der Waals surface area contributed by atoms with Crippen molar-refractivity contribution < 1.29 is 9.53 Å². The number of pyridine rings is 2. The number of rotatable bonds is 3. The fourth-order valence-corrected chi connectivity index (χ4v) is 4.76. The van der Waals surface area contributed by atoms with Crippen molar-refractivity contribution in [2.75, 3.05) is 7.11 Å². The van der Waals surface area contributed by atoms with Gasteiger partial charge < -0.3 is 14.3 Å². The molecule has 0 fully saturated rings. The summed E-state index contributed by atoms with van der Waals surface area (Å²) in [5.74, 6) is -0.395. The van der Waals surface area contributed by atoms with Crippen molar-refractivity contribution in [3.05, 3.63) is 117 Å². The van der Waals surface area contributed by atoms with Gasteiger partial charge in [0, 0.05) is 33.6 Å². The van der Waals surface area contributed by atoms with Crippen LogP contribution in [-0.4, -0.2) is 22.6 Å². The fraction of sp³-hybridized carbons (Fsp3) is 0.129. The average molecular weight is 491 g/mol.